The first kappa shape index (κ1) is 15.5. The number of nitrogens with zero attached hydrogens (tertiary/aromatic N) is 3. The Kier molecular flexibility index (Phi) is 5.00. The number of oxime groups is 1. The number of nitrogens with one attached hydrogen (secondary N) is 1. The summed E-state index contributed by atoms with van der Waals surface area (Å²) in [6.07, 6.45) is 3.77. The van der Waals surface area contributed by atoms with E-state index in [9.17, 15) is 0 Å². The van der Waals surface area contributed by atoms with E-state index >= 15 is 0 Å². The Balaban J connectivity index is 1.60. The summed E-state index contributed by atoms with van der Waals surface area (Å²) in [4.78, 5) is 8.59. The fraction of sp³-hybridized carbons (Fsp3) is 0.105. The third-order valence-electron chi connectivity index (χ3n) is 3.39. The zero-order valence-corrected chi connectivity index (χ0v) is 13.0. The second-order valence-electron chi connectivity index (χ2n) is 5.05. The average Bonchev–Trinajstić information content (AvgIpc) is 2.62. The smallest absolute Gasteiger partial charge is 0.113 e. The van der Waals surface area contributed by atoms with Crippen molar-refractivity contribution < 1.29 is 5.21 Å². The summed E-state index contributed by atoms with van der Waals surface area (Å²) >= 11 is 0. The SMILES string of the molecule is ON=Cc1cccc(C#CCCNc2ccnc3ccccc23)n1. The third kappa shape index (κ3) is 3.87. The number of fused-ring (bicyclic) bond motifs is 1. The number of benzene rings is 1. The first-order chi connectivity index (χ1) is 11.9. The van der Waals surface area contributed by atoms with Gasteiger partial charge < -0.3 is 10.5 Å². The first-order valence-corrected chi connectivity index (χ1v) is 7.58. The molecule has 3 aromatic rings. The topological polar surface area (TPSA) is 70.4 Å². The third-order valence-corrected chi connectivity index (χ3v) is 3.39. The number of aromatic nitrogens is 2. The van der Waals surface area contributed by atoms with Crippen LogP contribution >= 0.6 is 0 Å². The van der Waals surface area contributed by atoms with E-state index in [1.807, 2.05) is 36.4 Å². The monoisotopic (exact) mass is 316 g/mol. The lowest BCUT2D eigenvalue weighted by molar-refractivity contribution is 0.321. The van der Waals surface area contributed by atoms with Crippen LogP contribution in [0.2, 0.25) is 0 Å². The van der Waals surface area contributed by atoms with Crippen LogP contribution in [0.25, 0.3) is 10.9 Å². The number of para-hydroxylation sites is 1. The van der Waals surface area contributed by atoms with Gasteiger partial charge in [-0.3, -0.25) is 4.98 Å². The van der Waals surface area contributed by atoms with Crippen LogP contribution in [-0.2, 0) is 0 Å². The minimum atomic E-state index is 0.575. The second kappa shape index (κ2) is 7.75. The van der Waals surface area contributed by atoms with Crippen LogP contribution in [-0.4, -0.2) is 27.9 Å². The van der Waals surface area contributed by atoms with Crippen molar-refractivity contribution in [3.8, 4) is 11.8 Å². The molecule has 5 heteroatoms. The van der Waals surface area contributed by atoms with E-state index in [-0.39, 0.29) is 0 Å². The fourth-order valence-corrected chi connectivity index (χ4v) is 2.31. The van der Waals surface area contributed by atoms with Gasteiger partial charge in [0.05, 0.1) is 17.4 Å². The summed E-state index contributed by atoms with van der Waals surface area (Å²) in [5.74, 6) is 6.10. The van der Waals surface area contributed by atoms with Crippen LogP contribution in [0.1, 0.15) is 17.8 Å². The Morgan fingerprint density at radius 2 is 2.04 bits per heavy atom. The van der Waals surface area contributed by atoms with E-state index in [1.54, 1.807) is 12.3 Å². The maximum atomic E-state index is 8.52. The van der Waals surface area contributed by atoms with Gasteiger partial charge in [0.1, 0.15) is 5.69 Å². The van der Waals surface area contributed by atoms with Gasteiger partial charge in [0, 0.05) is 30.2 Å². The Morgan fingerprint density at radius 1 is 1.12 bits per heavy atom. The minimum absolute atomic E-state index is 0.575. The van der Waals surface area contributed by atoms with Crippen molar-refractivity contribution in [1.82, 2.24) is 9.97 Å². The van der Waals surface area contributed by atoms with Crippen molar-refractivity contribution in [2.75, 3.05) is 11.9 Å². The summed E-state index contributed by atoms with van der Waals surface area (Å²) in [5, 5.41) is 16.0. The summed E-state index contributed by atoms with van der Waals surface area (Å²) < 4.78 is 0. The lowest BCUT2D eigenvalue weighted by Crippen LogP contribution is -2.01. The molecule has 0 atom stereocenters. The molecule has 0 saturated carbocycles. The van der Waals surface area contributed by atoms with Crippen LogP contribution in [0.3, 0.4) is 0 Å². The summed E-state index contributed by atoms with van der Waals surface area (Å²) in [7, 11) is 0. The van der Waals surface area contributed by atoms with Crippen molar-refractivity contribution >= 4 is 22.8 Å². The molecular weight excluding hydrogens is 300 g/mol. The highest BCUT2D eigenvalue weighted by molar-refractivity contribution is 5.90. The lowest BCUT2D eigenvalue weighted by Gasteiger charge is -2.07. The number of rotatable bonds is 4. The molecule has 1 aromatic carbocycles. The molecule has 3 rings (SSSR count). The van der Waals surface area contributed by atoms with Gasteiger partial charge in [-0.25, -0.2) is 4.98 Å². The van der Waals surface area contributed by atoms with E-state index in [1.165, 1.54) is 6.21 Å². The molecule has 0 radical (unpaired) electrons. The summed E-state index contributed by atoms with van der Waals surface area (Å²) in [6, 6.07) is 15.4. The molecule has 24 heavy (non-hydrogen) atoms. The molecule has 0 aliphatic carbocycles. The number of hydrogen-bond acceptors (Lipinski definition) is 5. The van der Waals surface area contributed by atoms with Crippen molar-refractivity contribution in [1.29, 1.82) is 0 Å². The maximum absolute atomic E-state index is 8.52. The van der Waals surface area contributed by atoms with Gasteiger partial charge in [-0.2, -0.15) is 0 Å². The van der Waals surface area contributed by atoms with E-state index < -0.39 is 0 Å². The molecular formula is C19H16N4O. The average molecular weight is 316 g/mol. The zero-order valence-electron chi connectivity index (χ0n) is 13.0. The van der Waals surface area contributed by atoms with Crippen LogP contribution in [0.15, 0.2) is 59.9 Å². The van der Waals surface area contributed by atoms with Gasteiger partial charge in [0.15, 0.2) is 0 Å². The predicted octanol–water partition coefficient (Wildman–Crippen LogP) is 3.29. The van der Waals surface area contributed by atoms with Gasteiger partial charge in [0.25, 0.3) is 0 Å². The number of pyridine rings is 2. The highest BCUT2D eigenvalue weighted by Crippen LogP contribution is 2.20. The minimum Gasteiger partial charge on any atom is -0.411 e. The molecule has 0 fully saturated rings. The highest BCUT2D eigenvalue weighted by Gasteiger charge is 1.99. The van der Waals surface area contributed by atoms with Crippen LogP contribution in [0, 0.1) is 11.8 Å². The van der Waals surface area contributed by atoms with Gasteiger partial charge in [0.2, 0.25) is 0 Å². The highest BCUT2D eigenvalue weighted by atomic mass is 16.4. The van der Waals surface area contributed by atoms with Gasteiger partial charge in [-0.05, 0) is 30.2 Å². The molecule has 118 valence electrons. The summed E-state index contributed by atoms with van der Waals surface area (Å²) in [5.41, 5.74) is 3.26. The first-order valence-electron chi connectivity index (χ1n) is 7.58. The van der Waals surface area contributed by atoms with Crippen molar-refractivity contribution in [3.05, 3.63) is 66.1 Å². The van der Waals surface area contributed by atoms with Crippen molar-refractivity contribution in [2.24, 2.45) is 5.16 Å². The van der Waals surface area contributed by atoms with Gasteiger partial charge >= 0.3 is 0 Å². The van der Waals surface area contributed by atoms with Gasteiger partial charge in [-0.15, -0.1) is 0 Å². The molecule has 0 spiro atoms. The Hall–Kier alpha value is -3.39. The van der Waals surface area contributed by atoms with Crippen molar-refractivity contribution in [2.45, 2.75) is 6.42 Å². The number of hydrogen-bond donors (Lipinski definition) is 2. The predicted molar refractivity (Wildman–Crippen MR) is 95.3 cm³/mol. The molecule has 5 nitrogen and oxygen atoms in total. The molecule has 0 amide bonds. The Morgan fingerprint density at radius 3 is 2.96 bits per heavy atom. The van der Waals surface area contributed by atoms with E-state index in [0.29, 0.717) is 17.8 Å². The van der Waals surface area contributed by atoms with E-state index in [4.69, 9.17) is 5.21 Å². The Labute approximate surface area is 140 Å². The lowest BCUT2D eigenvalue weighted by atomic mass is 10.2. The molecule has 0 aliphatic rings. The normalized spacial score (nSPS) is 10.5. The molecule has 2 heterocycles. The molecule has 0 unspecified atom stereocenters. The Bertz CT molecular complexity index is 920. The molecule has 0 bridgehead atoms. The molecule has 2 N–H and O–H groups in total. The quantitative estimate of drug-likeness (QED) is 0.255. The van der Waals surface area contributed by atoms with Crippen LogP contribution in [0.5, 0.6) is 0 Å². The number of anilines is 1. The summed E-state index contributed by atoms with van der Waals surface area (Å²) in [6.45, 7) is 0.735. The molecule has 0 aliphatic heterocycles. The van der Waals surface area contributed by atoms with Crippen LogP contribution in [0.4, 0.5) is 5.69 Å². The standard InChI is InChI=1S/C19H16N4O/c24-22-14-16-8-5-7-15(23-16)6-3-4-12-20-19-11-13-21-18-10-2-1-9-17(18)19/h1-2,5,7-11,13-14,24H,4,12H2,(H,20,21). The maximum Gasteiger partial charge on any atom is 0.113 e. The molecule has 0 saturated heterocycles. The second-order valence-corrected chi connectivity index (χ2v) is 5.05. The largest absolute Gasteiger partial charge is 0.411 e. The zero-order chi connectivity index (χ0) is 16.6. The van der Waals surface area contributed by atoms with E-state index in [2.05, 4.69) is 38.3 Å². The van der Waals surface area contributed by atoms with Crippen molar-refractivity contribution in [3.63, 3.8) is 0 Å². The molecule has 2 aromatic heterocycles. The fourth-order valence-electron chi connectivity index (χ4n) is 2.31. The van der Waals surface area contributed by atoms with Gasteiger partial charge in [-0.1, -0.05) is 35.3 Å². The van der Waals surface area contributed by atoms with E-state index in [0.717, 1.165) is 23.1 Å². The van der Waals surface area contributed by atoms with Crippen LogP contribution < -0.4 is 5.32 Å².